The first-order chi connectivity index (χ1) is 7.97. The minimum absolute atomic E-state index is 0.0144. The van der Waals surface area contributed by atoms with Gasteiger partial charge in [0.05, 0.1) is 0 Å². The minimum Gasteiger partial charge on any atom is -0.343 e. The second kappa shape index (κ2) is 5.84. The SMILES string of the molecule is CCCC1C(=O)NC(C)C(=O)N1CC=C(C)C. The van der Waals surface area contributed by atoms with Crippen molar-refractivity contribution < 1.29 is 9.59 Å². The van der Waals surface area contributed by atoms with Crippen molar-refractivity contribution in [1.29, 1.82) is 0 Å². The number of piperazine rings is 1. The van der Waals surface area contributed by atoms with Gasteiger partial charge in [-0.3, -0.25) is 9.59 Å². The number of rotatable bonds is 4. The lowest BCUT2D eigenvalue weighted by molar-refractivity contribution is -0.148. The molecule has 96 valence electrons. The van der Waals surface area contributed by atoms with Crippen LogP contribution in [-0.2, 0) is 9.59 Å². The molecule has 0 bridgehead atoms. The van der Waals surface area contributed by atoms with Crippen LogP contribution in [0.3, 0.4) is 0 Å². The molecule has 1 N–H and O–H groups in total. The van der Waals surface area contributed by atoms with Gasteiger partial charge in [0.1, 0.15) is 12.1 Å². The Bertz CT molecular complexity index is 332. The van der Waals surface area contributed by atoms with Gasteiger partial charge in [-0.1, -0.05) is 25.0 Å². The molecule has 1 rings (SSSR count). The van der Waals surface area contributed by atoms with Gasteiger partial charge in [-0.05, 0) is 27.2 Å². The van der Waals surface area contributed by atoms with Crippen LogP contribution in [0.2, 0.25) is 0 Å². The summed E-state index contributed by atoms with van der Waals surface area (Å²) in [6, 6.07) is -0.708. The summed E-state index contributed by atoms with van der Waals surface area (Å²) in [6.45, 7) is 8.27. The largest absolute Gasteiger partial charge is 0.343 e. The van der Waals surface area contributed by atoms with Crippen LogP contribution in [0.5, 0.6) is 0 Å². The summed E-state index contributed by atoms with van der Waals surface area (Å²) in [5.41, 5.74) is 1.16. The Balaban J connectivity index is 2.86. The molecule has 0 saturated carbocycles. The highest BCUT2D eigenvalue weighted by molar-refractivity contribution is 5.96. The first kappa shape index (κ1) is 13.7. The summed E-state index contributed by atoms with van der Waals surface area (Å²) in [6.07, 6.45) is 3.61. The summed E-state index contributed by atoms with van der Waals surface area (Å²) in [5, 5.41) is 2.73. The lowest BCUT2D eigenvalue weighted by Gasteiger charge is -2.37. The van der Waals surface area contributed by atoms with E-state index in [4.69, 9.17) is 0 Å². The van der Waals surface area contributed by atoms with Crippen LogP contribution < -0.4 is 5.32 Å². The second-order valence-electron chi connectivity index (χ2n) is 4.81. The maximum atomic E-state index is 12.1. The number of hydrogen-bond acceptors (Lipinski definition) is 2. The minimum atomic E-state index is -0.402. The summed E-state index contributed by atoms with van der Waals surface area (Å²) in [7, 11) is 0. The average molecular weight is 238 g/mol. The molecule has 0 radical (unpaired) electrons. The van der Waals surface area contributed by atoms with Gasteiger partial charge < -0.3 is 10.2 Å². The highest BCUT2D eigenvalue weighted by Gasteiger charge is 2.37. The van der Waals surface area contributed by atoms with Gasteiger partial charge in [0.25, 0.3) is 0 Å². The van der Waals surface area contributed by atoms with E-state index in [0.717, 1.165) is 18.4 Å². The van der Waals surface area contributed by atoms with Gasteiger partial charge in [0, 0.05) is 6.54 Å². The van der Waals surface area contributed by atoms with Gasteiger partial charge in [0.2, 0.25) is 11.8 Å². The van der Waals surface area contributed by atoms with Crippen LogP contribution in [0.1, 0.15) is 40.5 Å². The van der Waals surface area contributed by atoms with Gasteiger partial charge in [0.15, 0.2) is 0 Å². The van der Waals surface area contributed by atoms with E-state index < -0.39 is 6.04 Å². The summed E-state index contributed by atoms with van der Waals surface area (Å²) >= 11 is 0. The van der Waals surface area contributed by atoms with Crippen LogP contribution in [0, 0.1) is 0 Å². The maximum absolute atomic E-state index is 12.1. The first-order valence-electron chi connectivity index (χ1n) is 6.21. The third-order valence-electron chi connectivity index (χ3n) is 2.95. The fourth-order valence-corrected chi connectivity index (χ4v) is 1.97. The molecule has 1 aliphatic rings. The third-order valence-corrected chi connectivity index (χ3v) is 2.95. The predicted octanol–water partition coefficient (Wildman–Crippen LogP) is 1.47. The van der Waals surface area contributed by atoms with Crippen molar-refractivity contribution in [3.63, 3.8) is 0 Å². The van der Waals surface area contributed by atoms with E-state index in [1.54, 1.807) is 11.8 Å². The topological polar surface area (TPSA) is 49.4 Å². The van der Waals surface area contributed by atoms with E-state index in [9.17, 15) is 9.59 Å². The molecule has 0 spiro atoms. The van der Waals surface area contributed by atoms with Crippen molar-refractivity contribution in [2.75, 3.05) is 6.54 Å². The van der Waals surface area contributed by atoms with E-state index in [2.05, 4.69) is 5.32 Å². The van der Waals surface area contributed by atoms with E-state index in [1.807, 2.05) is 26.8 Å². The zero-order chi connectivity index (χ0) is 13.0. The Morgan fingerprint density at radius 2 is 2.06 bits per heavy atom. The zero-order valence-corrected chi connectivity index (χ0v) is 11.1. The molecule has 2 amide bonds. The van der Waals surface area contributed by atoms with Crippen LogP contribution in [0.4, 0.5) is 0 Å². The average Bonchev–Trinajstić information content (AvgIpc) is 2.25. The van der Waals surface area contributed by atoms with Crippen LogP contribution >= 0.6 is 0 Å². The van der Waals surface area contributed by atoms with Gasteiger partial charge in [-0.2, -0.15) is 0 Å². The van der Waals surface area contributed by atoms with Crippen LogP contribution in [-0.4, -0.2) is 35.3 Å². The molecule has 2 unspecified atom stereocenters. The molecule has 4 heteroatoms. The van der Waals surface area contributed by atoms with E-state index in [1.165, 1.54) is 0 Å². The molecule has 0 aromatic carbocycles. The van der Waals surface area contributed by atoms with E-state index >= 15 is 0 Å². The zero-order valence-electron chi connectivity index (χ0n) is 11.1. The van der Waals surface area contributed by atoms with E-state index in [-0.39, 0.29) is 17.9 Å². The monoisotopic (exact) mass is 238 g/mol. The van der Waals surface area contributed by atoms with Gasteiger partial charge >= 0.3 is 0 Å². The first-order valence-corrected chi connectivity index (χ1v) is 6.21. The standard InChI is InChI=1S/C13H22N2O2/c1-5-6-11-12(16)14-10(4)13(17)15(11)8-7-9(2)3/h7,10-11H,5-6,8H2,1-4H3,(H,14,16). The van der Waals surface area contributed by atoms with Crippen molar-refractivity contribution in [1.82, 2.24) is 10.2 Å². The lowest BCUT2D eigenvalue weighted by Crippen LogP contribution is -2.62. The fourth-order valence-electron chi connectivity index (χ4n) is 1.97. The number of nitrogens with zero attached hydrogens (tertiary/aromatic N) is 1. The predicted molar refractivity (Wildman–Crippen MR) is 67.4 cm³/mol. The Labute approximate surface area is 103 Å². The van der Waals surface area contributed by atoms with Gasteiger partial charge in [-0.15, -0.1) is 0 Å². The molecule has 4 nitrogen and oxygen atoms in total. The molecular formula is C13H22N2O2. The number of amides is 2. The number of allylic oxidation sites excluding steroid dienone is 1. The third kappa shape index (κ3) is 3.32. The molecule has 1 aliphatic heterocycles. The Morgan fingerprint density at radius 1 is 1.41 bits per heavy atom. The van der Waals surface area contributed by atoms with Crippen molar-refractivity contribution in [3.05, 3.63) is 11.6 Å². The van der Waals surface area contributed by atoms with Gasteiger partial charge in [-0.25, -0.2) is 0 Å². The highest BCUT2D eigenvalue weighted by Crippen LogP contribution is 2.15. The Morgan fingerprint density at radius 3 is 2.59 bits per heavy atom. The lowest BCUT2D eigenvalue weighted by atomic mass is 10.0. The molecule has 1 saturated heterocycles. The van der Waals surface area contributed by atoms with E-state index in [0.29, 0.717) is 6.54 Å². The Hall–Kier alpha value is -1.32. The summed E-state index contributed by atoms with van der Waals surface area (Å²) in [5.74, 6) is -0.0124. The van der Waals surface area contributed by atoms with Crippen molar-refractivity contribution in [2.24, 2.45) is 0 Å². The van der Waals surface area contributed by atoms with Crippen molar-refractivity contribution in [3.8, 4) is 0 Å². The van der Waals surface area contributed by atoms with Crippen LogP contribution in [0.15, 0.2) is 11.6 Å². The molecule has 0 aromatic rings. The molecule has 1 heterocycles. The quantitative estimate of drug-likeness (QED) is 0.754. The number of carbonyl (C=O) groups excluding carboxylic acids is 2. The number of carbonyl (C=O) groups is 2. The summed E-state index contributed by atoms with van der Waals surface area (Å²) < 4.78 is 0. The fraction of sp³-hybridized carbons (Fsp3) is 0.692. The van der Waals surface area contributed by atoms with Crippen molar-refractivity contribution in [2.45, 2.75) is 52.6 Å². The highest BCUT2D eigenvalue weighted by atomic mass is 16.2. The smallest absolute Gasteiger partial charge is 0.245 e. The molecule has 0 aliphatic carbocycles. The molecule has 2 atom stereocenters. The second-order valence-corrected chi connectivity index (χ2v) is 4.81. The molecule has 0 aromatic heterocycles. The molecule has 1 fully saturated rings. The molecular weight excluding hydrogens is 216 g/mol. The molecule has 17 heavy (non-hydrogen) atoms. The van der Waals surface area contributed by atoms with Crippen LogP contribution in [0.25, 0.3) is 0 Å². The number of nitrogens with one attached hydrogen (secondary N) is 1. The summed E-state index contributed by atoms with van der Waals surface area (Å²) in [4.78, 5) is 25.6. The Kier molecular flexibility index (Phi) is 4.73. The maximum Gasteiger partial charge on any atom is 0.245 e. The normalized spacial score (nSPS) is 24.6. The number of hydrogen-bond donors (Lipinski definition) is 1. The van der Waals surface area contributed by atoms with Crippen molar-refractivity contribution >= 4 is 11.8 Å².